The van der Waals surface area contributed by atoms with E-state index in [1.807, 2.05) is 0 Å². The van der Waals surface area contributed by atoms with E-state index in [1.54, 1.807) is 7.11 Å². The third-order valence-electron chi connectivity index (χ3n) is 3.17. The summed E-state index contributed by atoms with van der Waals surface area (Å²) < 4.78 is 6.21. The monoisotopic (exact) mass is 269 g/mol. The van der Waals surface area contributed by atoms with Crippen LogP contribution >= 0.6 is 15.9 Å². The topological polar surface area (TPSA) is 35.2 Å². The molecule has 0 aromatic heterocycles. The molecule has 0 saturated heterocycles. The van der Waals surface area contributed by atoms with E-state index in [1.165, 1.54) is 17.5 Å². The van der Waals surface area contributed by atoms with Crippen molar-refractivity contribution in [2.75, 3.05) is 7.11 Å². The summed E-state index contributed by atoms with van der Waals surface area (Å²) in [5.41, 5.74) is 8.60. The van der Waals surface area contributed by atoms with Gasteiger partial charge in [-0.15, -0.1) is 0 Å². The van der Waals surface area contributed by atoms with Crippen LogP contribution in [0.2, 0.25) is 0 Å². The Morgan fingerprint density at radius 2 is 2.20 bits per heavy atom. The molecule has 1 aliphatic carbocycles. The van der Waals surface area contributed by atoms with Gasteiger partial charge in [0.15, 0.2) is 0 Å². The van der Waals surface area contributed by atoms with Crippen molar-refractivity contribution >= 4 is 15.9 Å². The fraction of sp³-hybridized carbons (Fsp3) is 0.500. The largest absolute Gasteiger partial charge is 0.380 e. The van der Waals surface area contributed by atoms with E-state index in [4.69, 9.17) is 10.5 Å². The highest BCUT2D eigenvalue weighted by Gasteiger charge is 2.34. The highest BCUT2D eigenvalue weighted by molar-refractivity contribution is 9.10. The molecular formula is C12H16BrNO. The van der Waals surface area contributed by atoms with Gasteiger partial charge < -0.3 is 10.5 Å². The molecule has 82 valence electrons. The van der Waals surface area contributed by atoms with Crippen LogP contribution in [0.1, 0.15) is 30.4 Å². The second-order valence-corrected chi connectivity index (χ2v) is 5.10. The van der Waals surface area contributed by atoms with Crippen LogP contribution in [0.15, 0.2) is 22.7 Å². The molecule has 1 aromatic carbocycles. The van der Waals surface area contributed by atoms with Crippen LogP contribution in [0.3, 0.4) is 0 Å². The first-order chi connectivity index (χ1) is 7.15. The van der Waals surface area contributed by atoms with Gasteiger partial charge in [0.05, 0.1) is 6.61 Å². The van der Waals surface area contributed by atoms with Crippen LogP contribution in [0.25, 0.3) is 0 Å². The average molecular weight is 270 g/mol. The van der Waals surface area contributed by atoms with Gasteiger partial charge in [0, 0.05) is 17.1 Å². The Morgan fingerprint density at radius 3 is 2.67 bits per heavy atom. The maximum atomic E-state index is 6.26. The molecule has 0 spiro atoms. The highest BCUT2D eigenvalue weighted by Crippen LogP contribution is 2.39. The fourth-order valence-electron chi connectivity index (χ4n) is 1.98. The standard InChI is InChI=1S/C12H16BrNO/c1-15-8-9-3-4-10(7-11(9)13)12(14)5-2-6-12/h3-4,7H,2,5-6,8,14H2,1H3. The summed E-state index contributed by atoms with van der Waals surface area (Å²) in [5, 5.41) is 0. The Hall–Kier alpha value is -0.380. The maximum absolute atomic E-state index is 6.26. The normalized spacial score (nSPS) is 18.6. The Morgan fingerprint density at radius 1 is 1.47 bits per heavy atom. The number of halogens is 1. The Labute approximate surface area is 98.9 Å². The van der Waals surface area contributed by atoms with Gasteiger partial charge in [0.1, 0.15) is 0 Å². The first kappa shape index (κ1) is 11.1. The average Bonchev–Trinajstić information content (AvgIpc) is 2.18. The van der Waals surface area contributed by atoms with Gasteiger partial charge in [-0.3, -0.25) is 0 Å². The maximum Gasteiger partial charge on any atom is 0.0724 e. The smallest absolute Gasteiger partial charge is 0.0724 e. The first-order valence-electron chi connectivity index (χ1n) is 5.22. The van der Waals surface area contributed by atoms with E-state index in [-0.39, 0.29) is 5.54 Å². The minimum Gasteiger partial charge on any atom is -0.380 e. The molecule has 0 unspecified atom stereocenters. The first-order valence-corrected chi connectivity index (χ1v) is 6.02. The molecule has 0 aliphatic heterocycles. The molecule has 1 saturated carbocycles. The molecule has 0 atom stereocenters. The summed E-state index contributed by atoms with van der Waals surface area (Å²) in [6.07, 6.45) is 3.44. The lowest BCUT2D eigenvalue weighted by atomic mass is 9.73. The molecule has 2 rings (SSSR count). The quantitative estimate of drug-likeness (QED) is 0.916. The number of hydrogen-bond acceptors (Lipinski definition) is 2. The second kappa shape index (κ2) is 4.24. The lowest BCUT2D eigenvalue weighted by molar-refractivity contribution is 0.184. The molecule has 0 radical (unpaired) electrons. The van der Waals surface area contributed by atoms with E-state index in [2.05, 4.69) is 34.1 Å². The van der Waals surface area contributed by atoms with Crippen LogP contribution in [0, 0.1) is 0 Å². The van der Waals surface area contributed by atoms with Crippen molar-refractivity contribution in [2.24, 2.45) is 5.73 Å². The summed E-state index contributed by atoms with van der Waals surface area (Å²) in [6.45, 7) is 0.637. The van der Waals surface area contributed by atoms with Crippen LogP contribution in [0.4, 0.5) is 0 Å². The zero-order valence-electron chi connectivity index (χ0n) is 8.92. The van der Waals surface area contributed by atoms with E-state index in [0.29, 0.717) is 6.61 Å². The van der Waals surface area contributed by atoms with Gasteiger partial charge >= 0.3 is 0 Å². The highest BCUT2D eigenvalue weighted by atomic mass is 79.9. The van der Waals surface area contributed by atoms with Crippen LogP contribution in [-0.4, -0.2) is 7.11 Å². The lowest BCUT2D eigenvalue weighted by Gasteiger charge is -2.38. The van der Waals surface area contributed by atoms with E-state index in [0.717, 1.165) is 17.3 Å². The minimum absolute atomic E-state index is 0.0753. The molecule has 0 bridgehead atoms. The second-order valence-electron chi connectivity index (χ2n) is 4.25. The zero-order valence-corrected chi connectivity index (χ0v) is 10.5. The van der Waals surface area contributed by atoms with Crippen molar-refractivity contribution in [3.63, 3.8) is 0 Å². The zero-order chi connectivity index (χ0) is 10.9. The summed E-state index contributed by atoms with van der Waals surface area (Å²) in [4.78, 5) is 0. The minimum atomic E-state index is -0.0753. The third-order valence-corrected chi connectivity index (χ3v) is 3.91. The number of methoxy groups -OCH3 is 1. The summed E-state index contributed by atoms with van der Waals surface area (Å²) in [7, 11) is 1.71. The van der Waals surface area contributed by atoms with Crippen LogP contribution < -0.4 is 5.73 Å². The number of rotatable bonds is 3. The summed E-state index contributed by atoms with van der Waals surface area (Å²) >= 11 is 3.56. The Balaban J connectivity index is 2.25. The molecule has 15 heavy (non-hydrogen) atoms. The number of benzene rings is 1. The molecule has 0 amide bonds. The van der Waals surface area contributed by atoms with Crippen molar-refractivity contribution in [2.45, 2.75) is 31.4 Å². The predicted molar refractivity (Wildman–Crippen MR) is 64.6 cm³/mol. The van der Waals surface area contributed by atoms with Gasteiger partial charge in [0.2, 0.25) is 0 Å². The van der Waals surface area contributed by atoms with Crippen molar-refractivity contribution in [1.82, 2.24) is 0 Å². The van der Waals surface area contributed by atoms with Crippen molar-refractivity contribution in [3.8, 4) is 0 Å². The number of hydrogen-bond donors (Lipinski definition) is 1. The Kier molecular flexibility index (Phi) is 3.14. The molecule has 2 nitrogen and oxygen atoms in total. The fourth-order valence-corrected chi connectivity index (χ4v) is 2.47. The molecule has 3 heteroatoms. The Bertz CT molecular complexity index is 361. The lowest BCUT2D eigenvalue weighted by Crippen LogP contribution is -2.43. The number of nitrogens with two attached hydrogens (primary N) is 1. The molecule has 1 aromatic rings. The number of ether oxygens (including phenoxy) is 1. The van der Waals surface area contributed by atoms with Crippen LogP contribution in [0.5, 0.6) is 0 Å². The van der Waals surface area contributed by atoms with E-state index in [9.17, 15) is 0 Å². The molecule has 1 fully saturated rings. The predicted octanol–water partition coefficient (Wildman–Crippen LogP) is 2.93. The van der Waals surface area contributed by atoms with Crippen LogP contribution in [-0.2, 0) is 16.9 Å². The molecule has 1 aliphatic rings. The van der Waals surface area contributed by atoms with Gasteiger partial charge in [-0.1, -0.05) is 28.1 Å². The summed E-state index contributed by atoms with van der Waals surface area (Å²) in [6, 6.07) is 6.35. The van der Waals surface area contributed by atoms with Gasteiger partial charge in [0.25, 0.3) is 0 Å². The van der Waals surface area contributed by atoms with Gasteiger partial charge in [-0.2, -0.15) is 0 Å². The van der Waals surface area contributed by atoms with Gasteiger partial charge in [-0.05, 0) is 36.5 Å². The SMILES string of the molecule is COCc1ccc(C2(N)CCC2)cc1Br. The molecule has 0 heterocycles. The summed E-state index contributed by atoms with van der Waals surface area (Å²) in [5.74, 6) is 0. The van der Waals surface area contributed by atoms with Crippen molar-refractivity contribution in [1.29, 1.82) is 0 Å². The van der Waals surface area contributed by atoms with E-state index >= 15 is 0 Å². The molecular weight excluding hydrogens is 254 g/mol. The molecule has 2 N–H and O–H groups in total. The van der Waals surface area contributed by atoms with Crippen molar-refractivity contribution < 1.29 is 4.74 Å². The van der Waals surface area contributed by atoms with Crippen molar-refractivity contribution in [3.05, 3.63) is 33.8 Å². The van der Waals surface area contributed by atoms with E-state index < -0.39 is 0 Å². The van der Waals surface area contributed by atoms with Gasteiger partial charge in [-0.25, -0.2) is 0 Å². The third kappa shape index (κ3) is 2.10.